The van der Waals surface area contributed by atoms with E-state index in [1.54, 1.807) is 0 Å². The first-order valence-electron chi connectivity index (χ1n) is 5.14. The first kappa shape index (κ1) is 13.4. The lowest BCUT2D eigenvalue weighted by molar-refractivity contribution is -0.142. The van der Waals surface area contributed by atoms with E-state index < -0.39 is 6.04 Å². The molecule has 0 aromatic carbocycles. The molecule has 0 rings (SSSR count). The van der Waals surface area contributed by atoms with Crippen LogP contribution in [0.5, 0.6) is 0 Å². The van der Waals surface area contributed by atoms with Crippen LogP contribution in [-0.4, -0.2) is 43.2 Å². The molecule has 0 amide bonds. The van der Waals surface area contributed by atoms with E-state index in [1.807, 2.05) is 0 Å². The van der Waals surface area contributed by atoms with Crippen LogP contribution >= 0.6 is 0 Å². The summed E-state index contributed by atoms with van der Waals surface area (Å²) in [6.07, 6.45) is 1.06. The smallest absolute Gasteiger partial charge is 0.323 e. The number of hydrogen-bond donors (Lipinski definition) is 1. The number of likely N-dealkylation sites (N-methyl/N-ethyl adjacent to an activating group) is 1. The maximum atomic E-state index is 11.1. The Morgan fingerprint density at radius 1 is 1.50 bits per heavy atom. The maximum absolute atomic E-state index is 11.1. The van der Waals surface area contributed by atoms with E-state index >= 15 is 0 Å². The molecule has 14 heavy (non-hydrogen) atoms. The average molecular weight is 202 g/mol. The van der Waals surface area contributed by atoms with Gasteiger partial charge in [-0.2, -0.15) is 0 Å². The molecule has 0 aromatic heterocycles. The summed E-state index contributed by atoms with van der Waals surface area (Å²) < 4.78 is 4.58. The summed E-state index contributed by atoms with van der Waals surface area (Å²) in [5, 5.41) is 0. The second-order valence-electron chi connectivity index (χ2n) is 3.47. The fourth-order valence-electron chi connectivity index (χ4n) is 1.36. The molecule has 0 aliphatic heterocycles. The molecule has 84 valence electrons. The van der Waals surface area contributed by atoms with Gasteiger partial charge in [0.15, 0.2) is 0 Å². The Balaban J connectivity index is 4.10. The molecule has 0 saturated carbocycles. The number of rotatable bonds is 6. The predicted molar refractivity (Wildman–Crippen MR) is 57.0 cm³/mol. The molecular weight excluding hydrogens is 180 g/mol. The van der Waals surface area contributed by atoms with Crippen molar-refractivity contribution in [2.24, 2.45) is 5.73 Å². The van der Waals surface area contributed by atoms with Crippen LogP contribution in [-0.2, 0) is 9.53 Å². The van der Waals surface area contributed by atoms with Gasteiger partial charge in [0.25, 0.3) is 0 Å². The molecule has 0 aliphatic rings. The van der Waals surface area contributed by atoms with E-state index in [9.17, 15) is 4.79 Å². The fraction of sp³-hybridized carbons (Fsp3) is 0.900. The van der Waals surface area contributed by atoms with Gasteiger partial charge in [-0.15, -0.1) is 0 Å². The Labute approximate surface area is 86.4 Å². The zero-order chi connectivity index (χ0) is 11.1. The number of nitrogens with two attached hydrogens (primary N) is 1. The number of carbonyl (C=O) groups is 1. The second-order valence-corrected chi connectivity index (χ2v) is 3.47. The highest BCUT2D eigenvalue weighted by molar-refractivity contribution is 5.75. The molecule has 4 nitrogen and oxygen atoms in total. The molecule has 2 atom stereocenters. The lowest BCUT2D eigenvalue weighted by Crippen LogP contribution is -2.46. The van der Waals surface area contributed by atoms with Gasteiger partial charge < -0.3 is 10.5 Å². The highest BCUT2D eigenvalue weighted by Gasteiger charge is 2.19. The predicted octanol–water partition coefficient (Wildman–Crippen LogP) is 0.607. The third-order valence-corrected chi connectivity index (χ3v) is 2.56. The Bertz CT molecular complexity index is 174. The molecule has 2 unspecified atom stereocenters. The van der Waals surface area contributed by atoms with E-state index in [0.29, 0.717) is 12.6 Å². The van der Waals surface area contributed by atoms with Crippen molar-refractivity contribution in [1.29, 1.82) is 0 Å². The molecule has 0 fully saturated rings. The highest BCUT2D eigenvalue weighted by Crippen LogP contribution is 2.03. The summed E-state index contributed by atoms with van der Waals surface area (Å²) in [5.41, 5.74) is 5.68. The quantitative estimate of drug-likeness (QED) is 0.641. The summed E-state index contributed by atoms with van der Waals surface area (Å²) >= 11 is 0. The lowest BCUT2D eigenvalue weighted by atomic mass is 10.2. The highest BCUT2D eigenvalue weighted by atomic mass is 16.5. The topological polar surface area (TPSA) is 55.6 Å². The van der Waals surface area contributed by atoms with Gasteiger partial charge in [0.1, 0.15) is 6.04 Å². The summed E-state index contributed by atoms with van der Waals surface area (Å²) in [5.74, 6) is -0.341. The Morgan fingerprint density at radius 2 is 2.07 bits per heavy atom. The minimum Gasteiger partial charge on any atom is -0.468 e. The summed E-state index contributed by atoms with van der Waals surface area (Å²) in [7, 11) is 1.36. The summed E-state index contributed by atoms with van der Waals surface area (Å²) in [6, 6.07) is -0.0790. The van der Waals surface area contributed by atoms with Crippen molar-refractivity contribution >= 4 is 5.97 Å². The van der Waals surface area contributed by atoms with Crippen LogP contribution < -0.4 is 5.73 Å². The molecule has 0 aromatic rings. The van der Waals surface area contributed by atoms with Crippen LogP contribution in [0.3, 0.4) is 0 Å². The van der Waals surface area contributed by atoms with Gasteiger partial charge in [-0.1, -0.05) is 13.8 Å². The number of esters is 1. The molecule has 2 N–H and O–H groups in total. The van der Waals surface area contributed by atoms with Crippen molar-refractivity contribution in [3.8, 4) is 0 Å². The average Bonchev–Trinajstić information content (AvgIpc) is 2.22. The van der Waals surface area contributed by atoms with Gasteiger partial charge in [0.2, 0.25) is 0 Å². The van der Waals surface area contributed by atoms with Crippen molar-refractivity contribution in [2.75, 3.05) is 20.2 Å². The van der Waals surface area contributed by atoms with Crippen LogP contribution in [0.25, 0.3) is 0 Å². The molecule has 4 heteroatoms. The van der Waals surface area contributed by atoms with Gasteiger partial charge >= 0.3 is 5.97 Å². The third-order valence-electron chi connectivity index (χ3n) is 2.56. The van der Waals surface area contributed by atoms with E-state index in [0.717, 1.165) is 13.0 Å². The minimum absolute atomic E-state index is 0.341. The molecule has 0 bridgehead atoms. The number of nitrogens with zero attached hydrogens (tertiary/aromatic N) is 1. The molecule has 0 aliphatic carbocycles. The minimum atomic E-state index is -0.533. The van der Waals surface area contributed by atoms with Crippen molar-refractivity contribution in [3.05, 3.63) is 0 Å². The van der Waals surface area contributed by atoms with Gasteiger partial charge in [-0.05, 0) is 19.9 Å². The first-order valence-corrected chi connectivity index (χ1v) is 5.14. The lowest BCUT2D eigenvalue weighted by Gasteiger charge is -2.28. The summed E-state index contributed by atoms with van der Waals surface area (Å²) in [6.45, 7) is 7.79. The monoisotopic (exact) mass is 202 g/mol. The number of methoxy groups -OCH3 is 1. The Kier molecular flexibility index (Phi) is 6.49. The SMILES string of the molecule is CCC(C)N(CC)CC(N)C(=O)OC. The first-order chi connectivity index (χ1) is 6.56. The normalized spacial score (nSPS) is 15.3. The molecule has 0 saturated heterocycles. The molecule has 0 spiro atoms. The van der Waals surface area contributed by atoms with E-state index in [-0.39, 0.29) is 5.97 Å². The van der Waals surface area contributed by atoms with Crippen LogP contribution in [0.1, 0.15) is 27.2 Å². The summed E-state index contributed by atoms with van der Waals surface area (Å²) in [4.78, 5) is 13.3. The van der Waals surface area contributed by atoms with E-state index in [2.05, 4.69) is 30.4 Å². The zero-order valence-electron chi connectivity index (χ0n) is 9.62. The van der Waals surface area contributed by atoms with E-state index in [4.69, 9.17) is 5.73 Å². The van der Waals surface area contributed by atoms with Crippen molar-refractivity contribution < 1.29 is 9.53 Å². The van der Waals surface area contributed by atoms with Crippen molar-refractivity contribution in [1.82, 2.24) is 4.90 Å². The second kappa shape index (κ2) is 6.79. The van der Waals surface area contributed by atoms with Crippen LogP contribution in [0.4, 0.5) is 0 Å². The van der Waals surface area contributed by atoms with Gasteiger partial charge in [0, 0.05) is 12.6 Å². The maximum Gasteiger partial charge on any atom is 0.323 e. The third kappa shape index (κ3) is 4.07. The van der Waals surface area contributed by atoms with Crippen LogP contribution in [0.15, 0.2) is 0 Å². The standard InChI is InChI=1S/C10H22N2O2/c1-5-8(3)12(6-2)7-9(11)10(13)14-4/h8-9H,5-7,11H2,1-4H3. The number of carbonyl (C=O) groups excluding carboxylic acids is 1. The van der Waals surface area contributed by atoms with Gasteiger partial charge in [-0.25, -0.2) is 0 Å². The molecule has 0 radical (unpaired) electrons. The van der Waals surface area contributed by atoms with Crippen molar-refractivity contribution in [2.45, 2.75) is 39.3 Å². The van der Waals surface area contributed by atoms with Crippen molar-refractivity contribution in [3.63, 3.8) is 0 Å². The van der Waals surface area contributed by atoms with Gasteiger partial charge in [-0.3, -0.25) is 9.69 Å². The fourth-order valence-corrected chi connectivity index (χ4v) is 1.36. The molecule has 0 heterocycles. The van der Waals surface area contributed by atoms with Crippen LogP contribution in [0.2, 0.25) is 0 Å². The Hall–Kier alpha value is -0.610. The van der Waals surface area contributed by atoms with Crippen LogP contribution in [0, 0.1) is 0 Å². The largest absolute Gasteiger partial charge is 0.468 e. The zero-order valence-corrected chi connectivity index (χ0v) is 9.62. The van der Waals surface area contributed by atoms with E-state index in [1.165, 1.54) is 7.11 Å². The van der Waals surface area contributed by atoms with Gasteiger partial charge in [0.05, 0.1) is 7.11 Å². The number of ether oxygens (including phenoxy) is 1. The molecular formula is C10H22N2O2. The number of hydrogen-bond acceptors (Lipinski definition) is 4. The Morgan fingerprint density at radius 3 is 2.43 bits per heavy atom.